The number of nitrogens with zero attached hydrogens (tertiary/aromatic N) is 2. The molecule has 5 nitrogen and oxygen atoms in total. The van der Waals surface area contributed by atoms with Crippen molar-refractivity contribution in [3.8, 4) is 17.0 Å². The summed E-state index contributed by atoms with van der Waals surface area (Å²) in [5.74, 6) is -0.471. The quantitative estimate of drug-likeness (QED) is 0.860. The number of benzene rings is 1. The van der Waals surface area contributed by atoms with E-state index in [0.717, 1.165) is 0 Å². The Balaban J connectivity index is 2.58. The Morgan fingerprint density at radius 2 is 2.30 bits per heavy atom. The summed E-state index contributed by atoms with van der Waals surface area (Å²) < 4.78 is 6.61. The van der Waals surface area contributed by atoms with E-state index in [9.17, 15) is 9.90 Å². The molecule has 0 atom stereocenters. The number of halogens is 1. The number of carbonyl (C=O) groups is 1. The zero-order valence-electron chi connectivity index (χ0n) is 10.8. The van der Waals surface area contributed by atoms with Crippen LogP contribution in [0.1, 0.15) is 10.5 Å². The fourth-order valence-corrected chi connectivity index (χ4v) is 2.03. The molecular formula is C14H13ClN2O3. The molecule has 20 heavy (non-hydrogen) atoms. The Labute approximate surface area is 121 Å². The highest BCUT2D eigenvalue weighted by Crippen LogP contribution is 2.32. The van der Waals surface area contributed by atoms with Gasteiger partial charge >= 0.3 is 5.97 Å². The summed E-state index contributed by atoms with van der Waals surface area (Å²) in [6.07, 6.45) is 1.58. The molecule has 1 aromatic carbocycles. The minimum atomic E-state index is -1.05. The van der Waals surface area contributed by atoms with E-state index in [1.165, 1.54) is 17.9 Å². The van der Waals surface area contributed by atoms with Crippen LogP contribution >= 0.6 is 11.6 Å². The molecule has 0 unspecified atom stereocenters. The van der Waals surface area contributed by atoms with Crippen LogP contribution in [-0.4, -0.2) is 28.0 Å². The minimum absolute atomic E-state index is 0.0851. The van der Waals surface area contributed by atoms with Crippen LogP contribution in [0.4, 0.5) is 0 Å². The van der Waals surface area contributed by atoms with Crippen molar-refractivity contribution in [2.75, 3.05) is 7.11 Å². The fraction of sp³-hybridized carbons (Fsp3) is 0.143. The Morgan fingerprint density at radius 1 is 1.55 bits per heavy atom. The lowest BCUT2D eigenvalue weighted by Crippen LogP contribution is -2.08. The first-order chi connectivity index (χ1) is 9.56. The van der Waals surface area contributed by atoms with Crippen molar-refractivity contribution in [2.24, 2.45) is 0 Å². The Bertz CT molecular complexity index is 664. The summed E-state index contributed by atoms with van der Waals surface area (Å²) >= 11 is 5.97. The predicted octanol–water partition coefficient (Wildman–Crippen LogP) is 3.10. The maximum absolute atomic E-state index is 11.2. The number of ether oxygens (including phenoxy) is 1. The average Bonchev–Trinajstić information content (AvgIpc) is 2.83. The molecule has 0 aliphatic heterocycles. The van der Waals surface area contributed by atoms with E-state index in [-0.39, 0.29) is 5.69 Å². The molecule has 0 aliphatic carbocycles. The number of methoxy groups -OCH3 is 1. The van der Waals surface area contributed by atoms with E-state index < -0.39 is 5.97 Å². The van der Waals surface area contributed by atoms with Crippen LogP contribution in [0.2, 0.25) is 5.02 Å². The van der Waals surface area contributed by atoms with Crippen molar-refractivity contribution in [1.29, 1.82) is 0 Å². The van der Waals surface area contributed by atoms with Crippen LogP contribution in [0, 0.1) is 0 Å². The average molecular weight is 293 g/mol. The topological polar surface area (TPSA) is 64.4 Å². The Hall–Kier alpha value is -2.27. The SMILES string of the molecule is C=CCn1nc(-c2cc(Cl)ccc2OC)cc1C(=O)O. The maximum atomic E-state index is 11.2. The molecule has 1 aromatic heterocycles. The molecule has 2 aromatic rings. The number of rotatable bonds is 5. The summed E-state index contributed by atoms with van der Waals surface area (Å²) in [6, 6.07) is 6.58. The summed E-state index contributed by atoms with van der Waals surface area (Å²) in [4.78, 5) is 11.2. The molecule has 0 amide bonds. The van der Waals surface area contributed by atoms with Gasteiger partial charge < -0.3 is 9.84 Å². The van der Waals surface area contributed by atoms with Crippen molar-refractivity contribution in [3.63, 3.8) is 0 Å². The van der Waals surface area contributed by atoms with Gasteiger partial charge in [-0.3, -0.25) is 4.68 Å². The maximum Gasteiger partial charge on any atom is 0.354 e. The number of hydrogen-bond donors (Lipinski definition) is 1. The standard InChI is InChI=1S/C14H13ClN2O3/c1-3-6-17-12(14(18)19)8-11(16-17)10-7-9(15)4-5-13(10)20-2/h3-5,7-8H,1,6H2,2H3,(H,18,19). The van der Waals surface area contributed by atoms with E-state index in [2.05, 4.69) is 11.7 Å². The summed E-state index contributed by atoms with van der Waals surface area (Å²) in [7, 11) is 1.53. The van der Waals surface area contributed by atoms with Gasteiger partial charge in [0.05, 0.1) is 19.3 Å². The lowest BCUT2D eigenvalue weighted by Gasteiger charge is -2.06. The first kappa shape index (κ1) is 14.1. The van der Waals surface area contributed by atoms with Crippen molar-refractivity contribution >= 4 is 17.6 Å². The second-order valence-electron chi connectivity index (χ2n) is 4.04. The molecule has 0 saturated carbocycles. The van der Waals surface area contributed by atoms with Gasteiger partial charge in [-0.15, -0.1) is 6.58 Å². The molecule has 104 valence electrons. The number of allylic oxidation sites excluding steroid dienone is 1. The highest BCUT2D eigenvalue weighted by atomic mass is 35.5. The van der Waals surface area contributed by atoms with Gasteiger partial charge in [-0.25, -0.2) is 4.79 Å². The molecule has 2 rings (SSSR count). The van der Waals surface area contributed by atoms with Crippen LogP contribution in [0.15, 0.2) is 36.9 Å². The van der Waals surface area contributed by atoms with Crippen LogP contribution in [0.5, 0.6) is 5.75 Å². The predicted molar refractivity (Wildman–Crippen MR) is 76.4 cm³/mol. The van der Waals surface area contributed by atoms with Gasteiger partial charge in [-0.05, 0) is 24.3 Å². The van der Waals surface area contributed by atoms with Crippen LogP contribution in [-0.2, 0) is 6.54 Å². The molecule has 0 aliphatic rings. The monoisotopic (exact) mass is 292 g/mol. The van der Waals surface area contributed by atoms with Gasteiger partial charge in [0.25, 0.3) is 0 Å². The molecule has 0 saturated heterocycles. The number of carboxylic acid groups (broad SMARTS) is 1. The third kappa shape index (κ3) is 2.67. The van der Waals surface area contributed by atoms with E-state index in [1.807, 2.05) is 0 Å². The van der Waals surface area contributed by atoms with Crippen molar-refractivity contribution < 1.29 is 14.6 Å². The largest absolute Gasteiger partial charge is 0.496 e. The zero-order valence-corrected chi connectivity index (χ0v) is 11.6. The molecule has 0 radical (unpaired) electrons. The van der Waals surface area contributed by atoms with Gasteiger partial charge in [0.1, 0.15) is 11.4 Å². The molecule has 0 spiro atoms. The normalized spacial score (nSPS) is 10.3. The van der Waals surface area contributed by atoms with Crippen LogP contribution in [0.3, 0.4) is 0 Å². The fourth-order valence-electron chi connectivity index (χ4n) is 1.86. The third-order valence-electron chi connectivity index (χ3n) is 2.74. The first-order valence-corrected chi connectivity index (χ1v) is 6.20. The molecule has 1 heterocycles. The molecule has 0 fully saturated rings. The second-order valence-corrected chi connectivity index (χ2v) is 4.47. The third-order valence-corrected chi connectivity index (χ3v) is 2.97. The van der Waals surface area contributed by atoms with E-state index in [0.29, 0.717) is 28.6 Å². The second kappa shape index (κ2) is 5.79. The Kier molecular flexibility index (Phi) is 4.10. The molecule has 1 N–H and O–H groups in total. The summed E-state index contributed by atoms with van der Waals surface area (Å²) in [6.45, 7) is 3.90. The van der Waals surface area contributed by atoms with Crippen molar-refractivity contribution in [1.82, 2.24) is 9.78 Å². The number of carboxylic acids is 1. The number of aromatic nitrogens is 2. The van der Waals surface area contributed by atoms with Gasteiger partial charge in [0.2, 0.25) is 0 Å². The summed E-state index contributed by atoms with van der Waals surface area (Å²) in [5, 5.41) is 14.0. The van der Waals surface area contributed by atoms with Crippen LogP contribution < -0.4 is 4.74 Å². The van der Waals surface area contributed by atoms with Gasteiger partial charge in [0, 0.05) is 10.6 Å². The number of hydrogen-bond acceptors (Lipinski definition) is 3. The van der Waals surface area contributed by atoms with E-state index >= 15 is 0 Å². The van der Waals surface area contributed by atoms with Gasteiger partial charge in [0.15, 0.2) is 0 Å². The zero-order chi connectivity index (χ0) is 14.7. The van der Waals surface area contributed by atoms with Crippen molar-refractivity contribution in [2.45, 2.75) is 6.54 Å². The smallest absolute Gasteiger partial charge is 0.354 e. The lowest BCUT2D eigenvalue weighted by atomic mass is 10.1. The minimum Gasteiger partial charge on any atom is -0.496 e. The Morgan fingerprint density at radius 3 is 2.90 bits per heavy atom. The summed E-state index contributed by atoms with van der Waals surface area (Å²) in [5.41, 5.74) is 1.22. The highest BCUT2D eigenvalue weighted by Gasteiger charge is 2.17. The first-order valence-electron chi connectivity index (χ1n) is 5.82. The highest BCUT2D eigenvalue weighted by molar-refractivity contribution is 6.31. The van der Waals surface area contributed by atoms with E-state index in [4.69, 9.17) is 16.3 Å². The molecule has 6 heteroatoms. The van der Waals surface area contributed by atoms with Crippen LogP contribution in [0.25, 0.3) is 11.3 Å². The van der Waals surface area contributed by atoms with Crippen molar-refractivity contribution in [3.05, 3.63) is 47.6 Å². The van der Waals surface area contributed by atoms with Gasteiger partial charge in [-0.2, -0.15) is 5.10 Å². The lowest BCUT2D eigenvalue weighted by molar-refractivity contribution is 0.0684. The number of aromatic carboxylic acids is 1. The molecule has 0 bridgehead atoms. The van der Waals surface area contributed by atoms with Gasteiger partial charge in [-0.1, -0.05) is 17.7 Å². The van der Waals surface area contributed by atoms with E-state index in [1.54, 1.807) is 24.3 Å². The molecular weight excluding hydrogens is 280 g/mol.